The van der Waals surface area contributed by atoms with Crippen LogP contribution in [0, 0.1) is 0 Å². The second-order valence-electron chi connectivity index (χ2n) is 3.14. The predicted octanol–water partition coefficient (Wildman–Crippen LogP) is 1.25. The Bertz CT molecular complexity index is 436. The van der Waals surface area contributed by atoms with E-state index in [0.29, 0.717) is 0 Å². The second-order valence-corrected chi connectivity index (χ2v) is 4.85. The lowest BCUT2D eigenvalue weighted by molar-refractivity contribution is 0.474. The minimum absolute atomic E-state index is 0.0331. The molecule has 0 amide bonds. The number of rotatable bonds is 4. The first-order valence-electron chi connectivity index (χ1n) is 4.39. The van der Waals surface area contributed by atoms with Crippen LogP contribution in [-0.4, -0.2) is 19.6 Å². The second kappa shape index (κ2) is 4.46. The van der Waals surface area contributed by atoms with Crippen LogP contribution in [0.2, 0.25) is 0 Å². The maximum Gasteiger partial charge on any atom is 0.241 e. The number of benzene rings is 1. The third kappa shape index (κ3) is 3.07. The fraction of sp³-hybridized carbons (Fsp3) is 0.200. The van der Waals surface area contributed by atoms with Crippen molar-refractivity contribution in [3.8, 4) is 5.75 Å². The predicted molar refractivity (Wildman–Crippen MR) is 58.1 cm³/mol. The van der Waals surface area contributed by atoms with Gasteiger partial charge >= 0.3 is 0 Å². The van der Waals surface area contributed by atoms with E-state index < -0.39 is 10.0 Å². The molecule has 2 N–H and O–H groups in total. The van der Waals surface area contributed by atoms with E-state index in [1.807, 2.05) is 0 Å². The molecule has 0 radical (unpaired) electrons. The van der Waals surface area contributed by atoms with Crippen LogP contribution in [0.1, 0.15) is 6.92 Å². The molecule has 82 valence electrons. The van der Waals surface area contributed by atoms with Crippen molar-refractivity contribution in [2.24, 2.45) is 0 Å². The Morgan fingerprint density at radius 1 is 1.40 bits per heavy atom. The summed E-state index contributed by atoms with van der Waals surface area (Å²) in [5.41, 5.74) is 0. The molecule has 0 saturated carbocycles. The molecule has 0 fully saturated rings. The van der Waals surface area contributed by atoms with Crippen LogP contribution >= 0.6 is 0 Å². The normalized spacial score (nSPS) is 13.4. The highest BCUT2D eigenvalue weighted by Crippen LogP contribution is 2.14. The molecular formula is C10H13NO3S. The summed E-state index contributed by atoms with van der Waals surface area (Å²) in [5.74, 6) is 0.0331. The molecule has 0 aliphatic heterocycles. The maximum absolute atomic E-state index is 11.7. The van der Waals surface area contributed by atoms with Gasteiger partial charge in [-0.25, -0.2) is 13.1 Å². The Labute approximate surface area is 89.3 Å². The van der Waals surface area contributed by atoms with E-state index >= 15 is 0 Å². The average Bonchev–Trinajstić information content (AvgIpc) is 2.17. The van der Waals surface area contributed by atoms with E-state index in [-0.39, 0.29) is 16.7 Å². The van der Waals surface area contributed by atoms with Crippen LogP contribution in [0.15, 0.2) is 41.8 Å². The molecule has 0 aliphatic rings. The van der Waals surface area contributed by atoms with Gasteiger partial charge in [0.05, 0.1) is 4.90 Å². The molecule has 1 aromatic carbocycles. The van der Waals surface area contributed by atoms with E-state index in [2.05, 4.69) is 11.3 Å². The molecule has 1 aromatic rings. The van der Waals surface area contributed by atoms with E-state index in [1.54, 1.807) is 6.92 Å². The van der Waals surface area contributed by atoms with Crippen molar-refractivity contribution in [1.82, 2.24) is 4.72 Å². The first-order chi connectivity index (χ1) is 6.95. The summed E-state index contributed by atoms with van der Waals surface area (Å²) in [7, 11) is -3.52. The van der Waals surface area contributed by atoms with Gasteiger partial charge in [0.2, 0.25) is 10.0 Å². The van der Waals surface area contributed by atoms with Crippen LogP contribution in [0.5, 0.6) is 5.75 Å². The van der Waals surface area contributed by atoms with Crippen LogP contribution < -0.4 is 4.72 Å². The Morgan fingerprint density at radius 3 is 2.40 bits per heavy atom. The third-order valence-electron chi connectivity index (χ3n) is 1.84. The van der Waals surface area contributed by atoms with Gasteiger partial charge in [-0.15, -0.1) is 6.58 Å². The maximum atomic E-state index is 11.7. The number of phenols is 1. The molecule has 1 rings (SSSR count). The number of hydrogen-bond acceptors (Lipinski definition) is 3. The zero-order chi connectivity index (χ0) is 11.5. The van der Waals surface area contributed by atoms with Crippen LogP contribution in [0.3, 0.4) is 0 Å². The van der Waals surface area contributed by atoms with Crippen LogP contribution in [0.25, 0.3) is 0 Å². The molecule has 1 atom stereocenters. The fourth-order valence-electron chi connectivity index (χ4n) is 0.986. The zero-order valence-corrected chi connectivity index (χ0v) is 9.16. The number of aromatic hydroxyl groups is 1. The van der Waals surface area contributed by atoms with Gasteiger partial charge in [-0.05, 0) is 31.2 Å². The Balaban J connectivity index is 2.96. The molecule has 5 heteroatoms. The molecule has 1 unspecified atom stereocenters. The Hall–Kier alpha value is -1.33. The third-order valence-corrected chi connectivity index (χ3v) is 3.42. The van der Waals surface area contributed by atoms with E-state index in [4.69, 9.17) is 5.11 Å². The summed E-state index contributed by atoms with van der Waals surface area (Å²) in [5, 5.41) is 9.02. The number of hydrogen-bond donors (Lipinski definition) is 2. The van der Waals surface area contributed by atoms with Crippen LogP contribution in [-0.2, 0) is 10.0 Å². The first-order valence-corrected chi connectivity index (χ1v) is 5.88. The summed E-state index contributed by atoms with van der Waals surface area (Å²) in [6.45, 7) is 5.17. The van der Waals surface area contributed by atoms with Crippen molar-refractivity contribution < 1.29 is 13.5 Å². The molecule has 15 heavy (non-hydrogen) atoms. The average molecular weight is 227 g/mol. The van der Waals surface area contributed by atoms with Gasteiger partial charge in [0.15, 0.2) is 0 Å². The minimum Gasteiger partial charge on any atom is -0.508 e. The smallest absolute Gasteiger partial charge is 0.241 e. The number of nitrogens with one attached hydrogen (secondary N) is 1. The molecule has 0 saturated heterocycles. The SMILES string of the molecule is C=CC(C)NS(=O)(=O)c1ccc(O)cc1. The number of phenolic OH excluding ortho intramolecular Hbond substituents is 1. The largest absolute Gasteiger partial charge is 0.508 e. The minimum atomic E-state index is -3.52. The summed E-state index contributed by atoms with van der Waals surface area (Å²) in [6.07, 6.45) is 1.50. The van der Waals surface area contributed by atoms with E-state index in [9.17, 15) is 8.42 Å². The van der Waals surface area contributed by atoms with Crippen molar-refractivity contribution in [2.45, 2.75) is 17.9 Å². The van der Waals surface area contributed by atoms with E-state index in [0.717, 1.165) is 0 Å². The van der Waals surface area contributed by atoms with Crippen LogP contribution in [0.4, 0.5) is 0 Å². The van der Waals surface area contributed by atoms with Gasteiger partial charge in [-0.2, -0.15) is 0 Å². The zero-order valence-electron chi connectivity index (χ0n) is 8.34. The van der Waals surface area contributed by atoms with Crippen molar-refractivity contribution in [1.29, 1.82) is 0 Å². The quantitative estimate of drug-likeness (QED) is 0.761. The Morgan fingerprint density at radius 2 is 1.93 bits per heavy atom. The summed E-state index contributed by atoms with van der Waals surface area (Å²) >= 11 is 0. The van der Waals surface area contributed by atoms with Gasteiger partial charge in [-0.1, -0.05) is 6.08 Å². The molecule has 0 bridgehead atoms. The van der Waals surface area contributed by atoms with Gasteiger partial charge in [0, 0.05) is 6.04 Å². The lowest BCUT2D eigenvalue weighted by Gasteiger charge is -2.09. The van der Waals surface area contributed by atoms with Gasteiger partial charge in [0.1, 0.15) is 5.75 Å². The molecule has 0 aliphatic carbocycles. The molecule has 0 aromatic heterocycles. The highest BCUT2D eigenvalue weighted by Gasteiger charge is 2.15. The molecule has 0 heterocycles. The molecule has 0 spiro atoms. The van der Waals surface area contributed by atoms with E-state index in [1.165, 1.54) is 30.3 Å². The lowest BCUT2D eigenvalue weighted by atomic mass is 10.3. The molecule has 4 nitrogen and oxygen atoms in total. The topological polar surface area (TPSA) is 66.4 Å². The summed E-state index contributed by atoms with van der Waals surface area (Å²) in [4.78, 5) is 0.119. The van der Waals surface area contributed by atoms with Crippen molar-refractivity contribution in [2.75, 3.05) is 0 Å². The summed E-state index contributed by atoms with van der Waals surface area (Å²) < 4.78 is 25.8. The number of sulfonamides is 1. The highest BCUT2D eigenvalue weighted by atomic mass is 32.2. The molecular weight excluding hydrogens is 214 g/mol. The monoisotopic (exact) mass is 227 g/mol. The standard InChI is InChI=1S/C10H13NO3S/c1-3-8(2)11-15(13,14)10-6-4-9(12)5-7-10/h3-8,11-12H,1H2,2H3. The van der Waals surface area contributed by atoms with Gasteiger partial charge in [0.25, 0.3) is 0 Å². The lowest BCUT2D eigenvalue weighted by Crippen LogP contribution is -2.30. The Kier molecular flexibility index (Phi) is 3.49. The van der Waals surface area contributed by atoms with Crippen molar-refractivity contribution in [3.05, 3.63) is 36.9 Å². The first kappa shape index (κ1) is 11.7. The van der Waals surface area contributed by atoms with Gasteiger partial charge in [-0.3, -0.25) is 0 Å². The van der Waals surface area contributed by atoms with Crippen molar-refractivity contribution >= 4 is 10.0 Å². The van der Waals surface area contributed by atoms with Gasteiger partial charge < -0.3 is 5.11 Å². The highest BCUT2D eigenvalue weighted by molar-refractivity contribution is 7.89. The summed E-state index contributed by atoms with van der Waals surface area (Å²) in [6, 6.07) is 5.00. The fourth-order valence-corrected chi connectivity index (χ4v) is 2.20. The van der Waals surface area contributed by atoms with Crippen molar-refractivity contribution in [3.63, 3.8) is 0 Å².